The molecule has 41 heavy (non-hydrogen) atoms. The number of likely N-dealkylation sites (tertiary alicyclic amines) is 1. The van der Waals surface area contributed by atoms with Gasteiger partial charge in [-0.15, -0.1) is 13.2 Å². The Labute approximate surface area is 241 Å². The van der Waals surface area contributed by atoms with Crippen molar-refractivity contribution in [2.75, 3.05) is 26.2 Å². The highest BCUT2D eigenvalue weighted by Gasteiger charge is 2.75. The average molecular weight is 568 g/mol. The predicted octanol–water partition coefficient (Wildman–Crippen LogP) is 2.14. The summed E-state index contributed by atoms with van der Waals surface area (Å²) in [5.74, 6) is -3.30. The first-order valence-corrected chi connectivity index (χ1v) is 14.3. The normalized spacial score (nSPS) is 26.9. The van der Waals surface area contributed by atoms with Crippen LogP contribution in [0.3, 0.4) is 0 Å². The van der Waals surface area contributed by atoms with Crippen LogP contribution < -0.4 is 5.32 Å². The van der Waals surface area contributed by atoms with Gasteiger partial charge < -0.3 is 29.7 Å². The first-order valence-electron chi connectivity index (χ1n) is 14.3. The summed E-state index contributed by atoms with van der Waals surface area (Å²) in [6.45, 7) is 11.2. The van der Waals surface area contributed by atoms with Crippen molar-refractivity contribution in [1.29, 1.82) is 0 Å². The molecule has 0 saturated carbocycles. The van der Waals surface area contributed by atoms with Crippen molar-refractivity contribution in [3.63, 3.8) is 0 Å². The summed E-state index contributed by atoms with van der Waals surface area (Å²) < 4.78 is 12.5. The van der Waals surface area contributed by atoms with Crippen molar-refractivity contribution >= 4 is 23.7 Å². The van der Waals surface area contributed by atoms with Crippen LogP contribution in [0, 0.1) is 11.8 Å². The topological polar surface area (TPSA) is 125 Å². The summed E-state index contributed by atoms with van der Waals surface area (Å²) >= 11 is 0. The molecule has 1 aromatic rings. The number of rotatable bonds is 14. The molecular weight excluding hydrogens is 526 g/mol. The number of ether oxygens (including phenoxy) is 2. The Morgan fingerprint density at radius 3 is 2.61 bits per heavy atom. The summed E-state index contributed by atoms with van der Waals surface area (Å²) in [7, 11) is 0. The fraction of sp³-hybridized carbons (Fsp3) is 0.548. The number of hydrogen-bond acceptors (Lipinski definition) is 7. The van der Waals surface area contributed by atoms with Gasteiger partial charge in [0.2, 0.25) is 17.7 Å². The highest BCUT2D eigenvalue weighted by Crippen LogP contribution is 2.59. The van der Waals surface area contributed by atoms with Gasteiger partial charge in [-0.1, -0.05) is 42.5 Å². The minimum Gasteiger partial charge on any atom is -0.455 e. The number of aliphatic hydroxyl groups is 1. The number of β-amino-alcohol motifs (C(OH)–C–C–N with tert-alkyl or cyclic N) is 1. The zero-order valence-electron chi connectivity index (χ0n) is 23.9. The first kappa shape index (κ1) is 30.5. The van der Waals surface area contributed by atoms with Crippen LogP contribution in [-0.2, 0) is 28.7 Å². The second-order valence-electron chi connectivity index (χ2n) is 11.2. The molecule has 3 fully saturated rings. The Morgan fingerprint density at radius 2 is 1.98 bits per heavy atom. The molecule has 3 saturated heterocycles. The Bertz CT molecular complexity index is 1160. The van der Waals surface area contributed by atoms with Crippen molar-refractivity contribution < 1.29 is 33.8 Å². The SMILES string of the molecule is C=CCCC(=O)NC[C@H](OC(=O)[C@@H]1[C@H]2C(=O)N(CCO)[C@H](C(=O)N(CC=C)C(C)C)[C@]23CC[C@H]1O3)c1ccccc1. The van der Waals surface area contributed by atoms with Crippen molar-refractivity contribution in [2.45, 2.75) is 69.4 Å². The molecule has 0 radical (unpaired) electrons. The molecule has 4 rings (SSSR count). The van der Waals surface area contributed by atoms with Crippen LogP contribution in [0.15, 0.2) is 55.6 Å². The average Bonchev–Trinajstić information content (AvgIpc) is 3.60. The Morgan fingerprint density at radius 1 is 1.24 bits per heavy atom. The summed E-state index contributed by atoms with van der Waals surface area (Å²) in [4.78, 5) is 57.0. The first-order chi connectivity index (χ1) is 19.7. The van der Waals surface area contributed by atoms with Crippen LogP contribution in [0.1, 0.15) is 51.2 Å². The highest BCUT2D eigenvalue weighted by molar-refractivity contribution is 5.98. The van der Waals surface area contributed by atoms with E-state index < -0.39 is 47.6 Å². The fourth-order valence-electron chi connectivity index (χ4n) is 6.54. The Balaban J connectivity index is 1.61. The third-order valence-corrected chi connectivity index (χ3v) is 8.37. The van der Waals surface area contributed by atoms with Gasteiger partial charge in [-0.2, -0.15) is 0 Å². The third kappa shape index (κ3) is 5.81. The smallest absolute Gasteiger partial charge is 0.313 e. The zero-order valence-corrected chi connectivity index (χ0v) is 23.9. The largest absolute Gasteiger partial charge is 0.455 e. The number of nitrogens with zero attached hydrogens (tertiary/aromatic N) is 2. The molecule has 3 amide bonds. The fourth-order valence-corrected chi connectivity index (χ4v) is 6.54. The summed E-state index contributed by atoms with van der Waals surface area (Å²) in [5.41, 5.74) is -0.485. The quantitative estimate of drug-likeness (QED) is 0.261. The maximum absolute atomic E-state index is 14.0. The standard InChI is InChI=1S/C31H41N3O7/c1-5-7-13-24(36)32-19-23(21-11-9-8-10-12-21)40-30(39)25-22-14-15-31(41-22)26(25)28(37)34(17-18-35)27(31)29(38)33(16-6-2)20(3)4/h5-6,8-12,20,22-23,25-27,35H,1-2,7,13-19H2,3-4H3,(H,32,36)/t22-,23+,25+,26+,27-,31+/m1/s1. The third-order valence-electron chi connectivity index (χ3n) is 8.37. The minimum atomic E-state index is -1.19. The molecular formula is C31H41N3O7. The van der Waals surface area contributed by atoms with Crippen molar-refractivity contribution in [3.8, 4) is 0 Å². The highest BCUT2D eigenvalue weighted by atomic mass is 16.6. The molecule has 10 nitrogen and oxygen atoms in total. The van der Waals surface area contributed by atoms with E-state index in [1.54, 1.807) is 17.1 Å². The monoisotopic (exact) mass is 567 g/mol. The van der Waals surface area contributed by atoms with E-state index in [0.29, 0.717) is 31.4 Å². The van der Waals surface area contributed by atoms with Gasteiger partial charge in [-0.25, -0.2) is 0 Å². The molecule has 0 aliphatic carbocycles. The van der Waals surface area contributed by atoms with Gasteiger partial charge in [0.05, 0.1) is 31.1 Å². The van der Waals surface area contributed by atoms with E-state index in [0.717, 1.165) is 0 Å². The molecule has 1 spiro atoms. The number of allylic oxidation sites excluding steroid dienone is 1. The van der Waals surface area contributed by atoms with Crippen LogP contribution >= 0.6 is 0 Å². The van der Waals surface area contributed by atoms with Gasteiger partial charge in [-0.3, -0.25) is 19.2 Å². The van der Waals surface area contributed by atoms with Gasteiger partial charge in [0, 0.05) is 25.6 Å². The number of carbonyl (C=O) groups excluding carboxylic acids is 4. The maximum atomic E-state index is 14.0. The molecule has 2 bridgehead atoms. The second kappa shape index (κ2) is 13.0. The number of aliphatic hydroxyl groups excluding tert-OH is 1. The Kier molecular flexibility index (Phi) is 9.65. The number of carbonyl (C=O) groups is 4. The van der Waals surface area contributed by atoms with E-state index in [1.165, 1.54) is 4.90 Å². The number of amides is 3. The van der Waals surface area contributed by atoms with Gasteiger partial charge >= 0.3 is 5.97 Å². The predicted molar refractivity (Wildman–Crippen MR) is 151 cm³/mol. The van der Waals surface area contributed by atoms with Gasteiger partial charge in [0.25, 0.3) is 0 Å². The molecule has 222 valence electrons. The molecule has 0 aromatic heterocycles. The van der Waals surface area contributed by atoms with Crippen LogP contribution in [0.25, 0.3) is 0 Å². The maximum Gasteiger partial charge on any atom is 0.313 e. The van der Waals surface area contributed by atoms with Crippen LogP contribution in [0.5, 0.6) is 0 Å². The minimum absolute atomic E-state index is 0.0489. The van der Waals surface area contributed by atoms with E-state index in [4.69, 9.17) is 9.47 Å². The lowest BCUT2D eigenvalue weighted by atomic mass is 9.70. The van der Waals surface area contributed by atoms with Crippen molar-refractivity contribution in [3.05, 3.63) is 61.2 Å². The lowest BCUT2D eigenvalue weighted by Gasteiger charge is -2.38. The molecule has 10 heteroatoms. The van der Waals surface area contributed by atoms with Crippen molar-refractivity contribution in [2.24, 2.45) is 11.8 Å². The summed E-state index contributed by atoms with van der Waals surface area (Å²) in [6.07, 6.45) is 3.67. The summed E-state index contributed by atoms with van der Waals surface area (Å²) in [6, 6.07) is 7.98. The lowest BCUT2D eigenvalue weighted by Crippen LogP contribution is -2.57. The van der Waals surface area contributed by atoms with Gasteiger partial charge in [0.1, 0.15) is 17.7 Å². The number of esters is 1. The van der Waals surface area contributed by atoms with Crippen LogP contribution in [0.4, 0.5) is 0 Å². The molecule has 3 heterocycles. The van der Waals surface area contributed by atoms with E-state index >= 15 is 0 Å². The molecule has 0 unspecified atom stereocenters. The molecule has 1 aromatic carbocycles. The molecule has 2 N–H and O–H groups in total. The van der Waals surface area contributed by atoms with Gasteiger partial charge in [-0.05, 0) is 38.7 Å². The number of benzene rings is 1. The zero-order chi connectivity index (χ0) is 29.7. The number of nitrogens with one attached hydrogen (secondary N) is 1. The molecule has 6 atom stereocenters. The van der Waals surface area contributed by atoms with Crippen LogP contribution in [-0.4, -0.2) is 88.6 Å². The van der Waals surface area contributed by atoms with Crippen molar-refractivity contribution in [1.82, 2.24) is 15.1 Å². The number of fused-ring (bicyclic) bond motifs is 1. The van der Waals surface area contributed by atoms with Crippen LogP contribution in [0.2, 0.25) is 0 Å². The molecule has 3 aliphatic heterocycles. The lowest BCUT2D eigenvalue weighted by molar-refractivity contribution is -0.160. The second-order valence-corrected chi connectivity index (χ2v) is 11.2. The summed E-state index contributed by atoms with van der Waals surface area (Å²) in [5, 5.41) is 12.6. The van der Waals surface area contributed by atoms with E-state index in [1.807, 2.05) is 44.2 Å². The van der Waals surface area contributed by atoms with E-state index in [-0.39, 0.29) is 44.0 Å². The number of hydrogen-bond donors (Lipinski definition) is 2. The van der Waals surface area contributed by atoms with E-state index in [2.05, 4.69) is 18.5 Å². The van der Waals surface area contributed by atoms with E-state index in [9.17, 15) is 24.3 Å². The molecule has 3 aliphatic rings. The Hall–Kier alpha value is -3.50. The van der Waals surface area contributed by atoms with Gasteiger partial charge in [0.15, 0.2) is 0 Å².